The minimum Gasteiger partial charge on any atom is -0.359 e. The number of nitrogens with one attached hydrogen (secondary N) is 16. The van der Waals surface area contributed by atoms with Crippen molar-refractivity contribution in [1.29, 1.82) is 0 Å². The van der Waals surface area contributed by atoms with Gasteiger partial charge in [-0.1, -0.05) is 128 Å². The molecule has 730 valence electrons. The number of hydrogen-bond donors (Lipinski definition) is 16. The maximum Gasteiger partial charge on any atom is 0.262 e. The van der Waals surface area contributed by atoms with Crippen LogP contribution in [-0.2, 0) is 115 Å². The lowest BCUT2D eigenvalue weighted by Crippen LogP contribution is -2.66. The smallest absolute Gasteiger partial charge is 0.262 e. The fourth-order valence-corrected chi connectivity index (χ4v) is 13.1. The summed E-state index contributed by atoms with van der Waals surface area (Å²) in [7, 11) is 1.40. The van der Waals surface area contributed by atoms with E-state index in [1.807, 2.05) is 0 Å². The Hall–Kier alpha value is -10.6. The summed E-state index contributed by atoms with van der Waals surface area (Å²) in [5, 5.41) is 41.8. The summed E-state index contributed by atoms with van der Waals surface area (Å²) in [6, 6.07) is -16.0. The molecule has 16 N–H and O–H groups in total. The lowest BCUT2D eigenvalue weighted by atomic mass is 9.96. The van der Waals surface area contributed by atoms with Crippen LogP contribution < -0.4 is 85.1 Å². The van der Waals surface area contributed by atoms with E-state index >= 15 is 9.59 Å². The van der Waals surface area contributed by atoms with Gasteiger partial charge in [0.25, 0.3) is 11.8 Å². The van der Waals surface area contributed by atoms with Gasteiger partial charge in [0.2, 0.25) is 41.4 Å². The van der Waals surface area contributed by atoms with Crippen LogP contribution in [0, 0.1) is 53.3 Å². The third kappa shape index (κ3) is 43.0. The van der Waals surface area contributed by atoms with Gasteiger partial charge in [0.15, 0.2) is 47.0 Å². The molecular weight excluding hydrogens is 1690 g/mol. The molecule has 24 atom stereocenters. The van der Waals surface area contributed by atoms with Crippen molar-refractivity contribution in [3.63, 3.8) is 0 Å². The average molecular weight is 1840 g/mol. The zero-order valence-electron chi connectivity index (χ0n) is 78.8. The van der Waals surface area contributed by atoms with E-state index in [1.54, 1.807) is 69.2 Å². The highest BCUT2D eigenvalue weighted by molar-refractivity contribution is 6.02. The lowest BCUT2D eigenvalue weighted by Gasteiger charge is -2.35. The van der Waals surface area contributed by atoms with E-state index in [2.05, 4.69) is 98.2 Å². The summed E-state index contributed by atoms with van der Waals surface area (Å²) in [6.07, 6.45) is -5.98. The second-order valence-corrected chi connectivity index (χ2v) is 34.1. The second-order valence-electron chi connectivity index (χ2n) is 34.1. The van der Waals surface area contributed by atoms with Gasteiger partial charge >= 0.3 is 0 Å². The molecule has 0 saturated heterocycles. The van der Waals surface area contributed by atoms with Crippen molar-refractivity contribution in [3.8, 4) is 0 Å². The standard InChI is InChI=1S/C89H145N17O24/c1-22-27-28-62(115)35-53(13)83(124)105-79(100-66(44-111)49(8)9)89(130)106(31-23-2)80(92-30-33-108)88(129)96-59(19)71(117)37-55(15)84(125)103-77(97-61(43-110)34-48(6)7)74(120)40-63(93-57(17)42-109)86(127)104-78(101-69(47-114)52(12)26-5)75(121)41-65(99-68(46-113)51(11)25-4)87(128)102-76(91-29-32-107)73(119)38-56(16)82(123)94-60(20)72(118)39-64(98-67(45-112)50(10)24-3)85(126)95-58(18)70(116)36-54(14)81(122)90-21/h22-23,32-33,42-61,63-69,76-80,91-93,97-101H,1-2,24-31,34-41H2,3-21H3,(H,90,122)(H,94,123)(H,95,126)(H,96,129)(H,102,128)(H,103,125)(H,104,127)(H,105,124)/t50-,51-,52-,53-,54-,55-,56-,57+,58+,59+,60+,61-,63-,64-,65-,66+,67+,68+,69+,76-,77-,78-,79-,80-/m1/s1. The van der Waals surface area contributed by atoms with E-state index in [1.165, 1.54) is 74.6 Å². The molecule has 41 heteroatoms. The van der Waals surface area contributed by atoms with Crippen molar-refractivity contribution < 1.29 is 115 Å². The highest BCUT2D eigenvalue weighted by Crippen LogP contribution is 2.19. The number of hydrogen-bond acceptors (Lipinski definition) is 32. The summed E-state index contributed by atoms with van der Waals surface area (Å²) in [6.45, 7) is 33.4. The van der Waals surface area contributed by atoms with Crippen LogP contribution in [0.1, 0.15) is 208 Å². The number of rotatable bonds is 75. The number of carbonyl (C=O) groups excluding carboxylic acids is 24. The summed E-state index contributed by atoms with van der Waals surface area (Å²) in [5.74, 6) is -20.5. The molecule has 0 bridgehead atoms. The lowest BCUT2D eigenvalue weighted by molar-refractivity contribution is -0.146. The van der Waals surface area contributed by atoms with Crippen molar-refractivity contribution in [3.05, 3.63) is 25.3 Å². The molecule has 0 aliphatic heterocycles. The Morgan fingerprint density at radius 2 is 0.708 bits per heavy atom. The fourth-order valence-electron chi connectivity index (χ4n) is 13.1. The molecule has 0 saturated carbocycles. The van der Waals surface area contributed by atoms with E-state index in [0.29, 0.717) is 69.6 Å². The van der Waals surface area contributed by atoms with Crippen LogP contribution in [0.25, 0.3) is 0 Å². The molecule has 0 rings (SSSR count). The Morgan fingerprint density at radius 3 is 1.13 bits per heavy atom. The number of aldehydes is 8. The van der Waals surface area contributed by atoms with Crippen LogP contribution in [0.5, 0.6) is 0 Å². The normalized spacial score (nSPS) is 16.9. The van der Waals surface area contributed by atoms with Crippen molar-refractivity contribution in [1.82, 2.24) is 90.0 Å². The second kappa shape index (κ2) is 63.5. The van der Waals surface area contributed by atoms with Crippen LogP contribution in [0.3, 0.4) is 0 Å². The number of ketones is 7. The van der Waals surface area contributed by atoms with Gasteiger partial charge in [0, 0.05) is 88.6 Å². The molecule has 0 heterocycles. The zero-order valence-corrected chi connectivity index (χ0v) is 78.8. The van der Waals surface area contributed by atoms with Crippen LogP contribution >= 0.6 is 0 Å². The Morgan fingerprint density at radius 1 is 0.346 bits per heavy atom. The first kappa shape index (κ1) is 119. The largest absolute Gasteiger partial charge is 0.359 e. The van der Waals surface area contributed by atoms with E-state index in [4.69, 9.17) is 0 Å². The summed E-state index contributed by atoms with van der Waals surface area (Å²) >= 11 is 0. The number of nitrogens with zero attached hydrogens (tertiary/aromatic N) is 1. The van der Waals surface area contributed by atoms with Crippen molar-refractivity contribution in [2.45, 2.75) is 311 Å². The van der Waals surface area contributed by atoms with E-state index in [-0.39, 0.29) is 49.7 Å². The van der Waals surface area contributed by atoms with E-state index in [0.717, 1.165) is 4.90 Å². The molecule has 0 fully saturated rings. The molecule has 0 radical (unpaired) electrons. The Kier molecular flexibility index (Phi) is 58.3. The van der Waals surface area contributed by atoms with Gasteiger partial charge in [-0.05, 0) is 70.1 Å². The molecule has 0 aromatic carbocycles. The average Bonchev–Trinajstić information content (AvgIpc) is 0.830. The highest BCUT2D eigenvalue weighted by atomic mass is 16.2. The van der Waals surface area contributed by atoms with Crippen LogP contribution in [0.15, 0.2) is 25.3 Å². The fraction of sp³-hybridized carbons (Fsp3) is 0.685. The predicted octanol–water partition coefficient (Wildman–Crippen LogP) is -1.93. The summed E-state index contributed by atoms with van der Waals surface area (Å²) < 4.78 is 0. The number of allylic oxidation sites excluding steroid dienone is 1. The highest BCUT2D eigenvalue weighted by Gasteiger charge is 2.42. The van der Waals surface area contributed by atoms with Crippen LogP contribution in [-0.4, -0.2) is 279 Å². The van der Waals surface area contributed by atoms with Gasteiger partial charge in [-0.25, -0.2) is 0 Å². The molecule has 41 nitrogen and oxygen atoms in total. The quantitative estimate of drug-likeness (QED) is 0.0179. The first-order valence-corrected chi connectivity index (χ1v) is 44.3. The number of carbonyl (C=O) groups is 24. The SMILES string of the molecule is C=CCCC(=O)C[C@@H](C)C(=O)N[C@@H](N[C@@H](C=O)C(C)C)C(=O)N(CC=C)[C@@H](NCC=O)C(=O)N[C@@H](C)C(=O)C[C@@H](C)C(=O)N[C@@H](N[C@@H](C=O)CC(C)C)C(=O)C[C@@H](N[C@@H](C)C=O)C(=O)N[C@@H](N[C@@H](C=O)[C@H](C)CC)C(=O)C[C@@H](N[C@@H](C=O)[C@H](C)CC)C(=O)N[C@@H](NCC=O)C(=O)C[C@@H](C)C(=O)N[C@@H](C)C(=O)C[C@@H](N[C@@H](C=O)[C@H](C)CC)C(=O)N[C@@H](C)C(=O)C[C@@H](C)C(=O)NC. The van der Waals surface area contributed by atoms with Gasteiger partial charge in [-0.15, -0.1) is 13.2 Å². The molecular formula is C89H145N17O24. The van der Waals surface area contributed by atoms with Crippen molar-refractivity contribution in [2.75, 3.05) is 26.7 Å². The zero-order chi connectivity index (χ0) is 99.5. The first-order valence-electron chi connectivity index (χ1n) is 44.3. The van der Waals surface area contributed by atoms with Gasteiger partial charge in [0.05, 0.1) is 85.6 Å². The molecule has 0 spiro atoms. The molecule has 0 aromatic heterocycles. The molecule has 0 unspecified atom stereocenters. The first-order chi connectivity index (χ1) is 61.2. The predicted molar refractivity (Wildman–Crippen MR) is 480 cm³/mol. The molecule has 0 aliphatic rings. The summed E-state index contributed by atoms with van der Waals surface area (Å²) in [5.41, 5.74) is 0. The molecule has 0 aliphatic carbocycles. The Bertz CT molecular complexity index is 3850. The Labute approximate surface area is 762 Å². The number of Topliss-reactive ketones (excluding diaryl/α,β-unsaturated/α-hetero) is 7. The minimum atomic E-state index is -2.01. The van der Waals surface area contributed by atoms with Crippen LogP contribution in [0.4, 0.5) is 0 Å². The van der Waals surface area contributed by atoms with E-state index in [9.17, 15) is 105 Å². The van der Waals surface area contributed by atoms with Gasteiger partial charge in [0.1, 0.15) is 74.6 Å². The Balaban J connectivity index is 7.67. The number of amides is 9. The topological polar surface area (TPSA) is 605 Å². The molecule has 9 amide bonds. The van der Waals surface area contributed by atoms with Crippen LogP contribution in [0.2, 0.25) is 0 Å². The molecule has 0 aromatic rings. The summed E-state index contributed by atoms with van der Waals surface area (Å²) in [4.78, 5) is 325. The third-order valence-electron chi connectivity index (χ3n) is 22.3. The van der Waals surface area contributed by atoms with Crippen molar-refractivity contribution >= 4 is 144 Å². The van der Waals surface area contributed by atoms with Crippen molar-refractivity contribution in [2.24, 2.45) is 53.3 Å². The monoisotopic (exact) mass is 1840 g/mol. The van der Waals surface area contributed by atoms with Gasteiger partial charge < -0.3 is 85.8 Å². The van der Waals surface area contributed by atoms with Gasteiger partial charge in [-0.2, -0.15) is 0 Å². The molecule has 130 heavy (non-hydrogen) atoms. The van der Waals surface area contributed by atoms with E-state index < -0.39 is 284 Å². The maximum atomic E-state index is 15.2. The van der Waals surface area contributed by atoms with Gasteiger partial charge in [-0.3, -0.25) is 119 Å². The maximum absolute atomic E-state index is 15.2. The minimum absolute atomic E-state index is 0.0598. The third-order valence-corrected chi connectivity index (χ3v) is 22.3.